The predicted molar refractivity (Wildman–Crippen MR) is 45.9 cm³/mol. The van der Waals surface area contributed by atoms with Crippen LogP contribution in [0.4, 0.5) is 0 Å². The molecule has 0 aromatic carbocycles. The highest BCUT2D eigenvalue weighted by atomic mass is 16.4. The summed E-state index contributed by atoms with van der Waals surface area (Å²) in [6, 6.07) is 0. The fourth-order valence-electron chi connectivity index (χ4n) is 0.618. The van der Waals surface area contributed by atoms with Gasteiger partial charge in [0, 0.05) is 0 Å². The van der Waals surface area contributed by atoms with Crippen LogP contribution in [0.3, 0.4) is 0 Å². The zero-order chi connectivity index (χ0) is 12.4. The maximum atomic E-state index is 9.90. The molecule has 0 aliphatic carbocycles. The number of rotatable bonds is 5. The summed E-state index contributed by atoms with van der Waals surface area (Å²) in [5.74, 6) is 0. The van der Waals surface area contributed by atoms with E-state index in [1.165, 1.54) is 0 Å². The van der Waals surface area contributed by atoms with E-state index in [0.717, 1.165) is 0 Å². The lowest BCUT2D eigenvalue weighted by Gasteiger charge is -2.22. The van der Waals surface area contributed by atoms with Crippen LogP contribution in [-0.2, 0) is 9.59 Å². The third-order valence-electron chi connectivity index (χ3n) is 1.42. The van der Waals surface area contributed by atoms with Crippen molar-refractivity contribution in [1.29, 1.82) is 0 Å². The molecule has 90 valence electrons. The first-order valence-corrected chi connectivity index (χ1v) is 3.82. The van der Waals surface area contributed by atoms with Gasteiger partial charge in [0.1, 0.15) is 24.4 Å². The fourth-order valence-corrected chi connectivity index (χ4v) is 0.618. The third kappa shape index (κ3) is 6.94. The van der Waals surface area contributed by atoms with Gasteiger partial charge in [-0.15, -0.1) is 0 Å². The van der Waals surface area contributed by atoms with Crippen molar-refractivity contribution in [2.75, 3.05) is 6.61 Å². The molecule has 0 spiro atoms. The molecule has 0 radical (unpaired) electrons. The Balaban J connectivity index is 0. The van der Waals surface area contributed by atoms with Crippen LogP contribution in [0.25, 0.3) is 0 Å². The van der Waals surface area contributed by atoms with E-state index in [1.54, 1.807) is 0 Å². The molecule has 0 saturated carbocycles. The SMILES string of the molecule is O=CO.O=C[C@H](O)[C@@H](O)[C@@H](O)[C@H](O)CO. The molecule has 0 saturated heterocycles. The van der Waals surface area contributed by atoms with Crippen LogP contribution >= 0.6 is 0 Å². The highest BCUT2D eigenvalue weighted by Gasteiger charge is 2.29. The van der Waals surface area contributed by atoms with Crippen LogP contribution in [0.1, 0.15) is 0 Å². The summed E-state index contributed by atoms with van der Waals surface area (Å²) >= 11 is 0. The number of carboxylic acid groups (broad SMARTS) is 1. The van der Waals surface area contributed by atoms with Crippen LogP contribution < -0.4 is 0 Å². The van der Waals surface area contributed by atoms with E-state index in [-0.39, 0.29) is 12.8 Å². The van der Waals surface area contributed by atoms with Gasteiger partial charge in [0.05, 0.1) is 6.61 Å². The second kappa shape index (κ2) is 9.49. The number of carbonyl (C=O) groups is 2. The number of hydrogen-bond donors (Lipinski definition) is 6. The Morgan fingerprint density at radius 3 is 1.67 bits per heavy atom. The quantitative estimate of drug-likeness (QED) is 0.262. The van der Waals surface area contributed by atoms with Gasteiger partial charge >= 0.3 is 0 Å². The van der Waals surface area contributed by atoms with E-state index in [4.69, 9.17) is 35.4 Å². The van der Waals surface area contributed by atoms with Gasteiger partial charge in [-0.05, 0) is 0 Å². The Hall–Kier alpha value is -1.06. The van der Waals surface area contributed by atoms with Gasteiger partial charge < -0.3 is 35.4 Å². The summed E-state index contributed by atoms with van der Waals surface area (Å²) in [6.07, 6.45) is -6.84. The highest BCUT2D eigenvalue weighted by Crippen LogP contribution is 2.02. The molecule has 0 unspecified atom stereocenters. The van der Waals surface area contributed by atoms with Crippen molar-refractivity contribution < 1.29 is 40.2 Å². The van der Waals surface area contributed by atoms with E-state index in [9.17, 15) is 4.79 Å². The smallest absolute Gasteiger partial charge is 0.290 e. The molecule has 0 aromatic rings. The summed E-state index contributed by atoms with van der Waals surface area (Å²) in [7, 11) is 0. The van der Waals surface area contributed by atoms with Crippen molar-refractivity contribution in [2.45, 2.75) is 24.4 Å². The predicted octanol–water partition coefficient (Wildman–Crippen LogP) is -3.68. The van der Waals surface area contributed by atoms with E-state index >= 15 is 0 Å². The standard InChI is InChI=1S/C6H12O6.CH2O2/c7-1-3(9)5(11)6(12)4(10)2-8;2-1-3/h1,3-6,8-12H,2H2;1H,(H,2,3)/t3-,4+,5+,6-;/m0./s1. The summed E-state index contributed by atoms with van der Waals surface area (Å²) in [6.45, 7) is -1.01. The second-order valence-electron chi connectivity index (χ2n) is 2.46. The first kappa shape index (κ1) is 16.4. The molecule has 0 amide bonds. The molecule has 6 N–H and O–H groups in total. The van der Waals surface area contributed by atoms with Gasteiger partial charge in [0.25, 0.3) is 6.47 Å². The Morgan fingerprint density at radius 1 is 1.00 bits per heavy atom. The van der Waals surface area contributed by atoms with Crippen molar-refractivity contribution in [3.63, 3.8) is 0 Å². The summed E-state index contributed by atoms with van der Waals surface area (Å²) in [5.41, 5.74) is 0. The second-order valence-corrected chi connectivity index (χ2v) is 2.46. The van der Waals surface area contributed by atoms with Gasteiger partial charge in [-0.3, -0.25) is 4.79 Å². The van der Waals surface area contributed by atoms with Crippen LogP contribution in [0.5, 0.6) is 0 Å². The van der Waals surface area contributed by atoms with E-state index < -0.39 is 31.0 Å². The van der Waals surface area contributed by atoms with E-state index in [0.29, 0.717) is 0 Å². The first-order valence-electron chi connectivity index (χ1n) is 3.82. The van der Waals surface area contributed by atoms with E-state index in [2.05, 4.69) is 0 Å². The molecule has 0 aliphatic rings. The highest BCUT2D eigenvalue weighted by molar-refractivity contribution is 5.56. The van der Waals surface area contributed by atoms with Gasteiger partial charge in [-0.25, -0.2) is 0 Å². The minimum atomic E-state index is -1.79. The van der Waals surface area contributed by atoms with E-state index in [1.807, 2.05) is 0 Å². The van der Waals surface area contributed by atoms with Crippen LogP contribution in [-0.4, -0.2) is 74.4 Å². The van der Waals surface area contributed by atoms with Gasteiger partial charge in [-0.1, -0.05) is 0 Å². The van der Waals surface area contributed by atoms with Crippen LogP contribution in [0, 0.1) is 0 Å². The molecule has 0 bridgehead atoms. The number of aliphatic hydroxyl groups is 5. The molecule has 0 aliphatic heterocycles. The molecule has 15 heavy (non-hydrogen) atoms. The average molecular weight is 226 g/mol. The summed E-state index contributed by atoms with van der Waals surface area (Å²) in [4.78, 5) is 18.3. The normalized spacial score (nSPS) is 17.7. The molecule has 0 rings (SSSR count). The first-order chi connectivity index (χ1) is 6.95. The van der Waals surface area contributed by atoms with Crippen molar-refractivity contribution in [3.8, 4) is 0 Å². The maximum Gasteiger partial charge on any atom is 0.290 e. The molecule has 8 nitrogen and oxygen atoms in total. The Bertz CT molecular complexity index is 172. The lowest BCUT2D eigenvalue weighted by atomic mass is 10.0. The summed E-state index contributed by atoms with van der Waals surface area (Å²) in [5, 5.41) is 50.4. The largest absolute Gasteiger partial charge is 0.483 e. The number of aldehydes is 1. The molecule has 8 heteroatoms. The zero-order valence-electron chi connectivity index (χ0n) is 7.67. The van der Waals surface area contributed by atoms with Crippen molar-refractivity contribution in [3.05, 3.63) is 0 Å². The van der Waals surface area contributed by atoms with Gasteiger partial charge in [0.2, 0.25) is 0 Å². The fraction of sp³-hybridized carbons (Fsp3) is 0.714. The lowest BCUT2D eigenvalue weighted by Crippen LogP contribution is -2.46. The maximum absolute atomic E-state index is 9.90. The van der Waals surface area contributed by atoms with Gasteiger partial charge in [-0.2, -0.15) is 0 Å². The van der Waals surface area contributed by atoms with Crippen molar-refractivity contribution >= 4 is 12.8 Å². The van der Waals surface area contributed by atoms with Gasteiger partial charge in [0.15, 0.2) is 6.29 Å². The van der Waals surface area contributed by atoms with Crippen LogP contribution in [0.15, 0.2) is 0 Å². The Kier molecular flexibility index (Phi) is 10.4. The number of carbonyl (C=O) groups excluding carboxylic acids is 1. The molecular formula is C7H14O8. The number of aliphatic hydroxyl groups excluding tert-OH is 5. The Labute approximate surface area is 85.0 Å². The monoisotopic (exact) mass is 226 g/mol. The zero-order valence-corrected chi connectivity index (χ0v) is 7.67. The molecule has 4 atom stereocenters. The summed E-state index contributed by atoms with van der Waals surface area (Å²) < 4.78 is 0. The Morgan fingerprint density at radius 2 is 1.40 bits per heavy atom. The minimum Gasteiger partial charge on any atom is -0.483 e. The average Bonchev–Trinajstić information content (AvgIpc) is 2.25. The third-order valence-corrected chi connectivity index (χ3v) is 1.42. The molecule has 0 fully saturated rings. The van der Waals surface area contributed by atoms with Crippen molar-refractivity contribution in [1.82, 2.24) is 0 Å². The molecular weight excluding hydrogens is 212 g/mol. The topological polar surface area (TPSA) is 156 Å². The molecule has 0 heterocycles. The minimum absolute atomic E-state index is 0.0258. The van der Waals surface area contributed by atoms with Crippen LogP contribution in [0.2, 0.25) is 0 Å². The van der Waals surface area contributed by atoms with Crippen molar-refractivity contribution in [2.24, 2.45) is 0 Å². The number of hydrogen-bond acceptors (Lipinski definition) is 7. The lowest BCUT2D eigenvalue weighted by molar-refractivity contribution is -0.136. The molecule has 0 aromatic heterocycles.